The van der Waals surface area contributed by atoms with Crippen molar-refractivity contribution in [2.45, 2.75) is 19.4 Å². The second-order valence-corrected chi connectivity index (χ2v) is 7.92. The van der Waals surface area contributed by atoms with Crippen LogP contribution in [0.5, 0.6) is 0 Å². The molecule has 2 nitrogen and oxygen atoms in total. The molecule has 4 aromatic carbocycles. The Hall–Kier alpha value is -3.65. The topological polar surface area (TPSA) is 29.1 Å². The molecule has 4 aromatic rings. The lowest BCUT2D eigenvalue weighted by atomic mass is 9.84. The number of carbonyl (C=O) groups excluding carboxylic acids is 1. The number of nitrogens with one attached hydrogen (secondary N) is 1. The molecule has 0 saturated carbocycles. The van der Waals surface area contributed by atoms with Crippen LogP contribution in [0.25, 0.3) is 16.8 Å². The van der Waals surface area contributed by atoms with Crippen molar-refractivity contribution in [2.24, 2.45) is 5.92 Å². The van der Waals surface area contributed by atoms with Crippen molar-refractivity contribution in [3.8, 4) is 0 Å². The van der Waals surface area contributed by atoms with Gasteiger partial charge in [-0.3, -0.25) is 4.79 Å². The Bertz CT molecular complexity index is 1160. The predicted molar refractivity (Wildman–Crippen MR) is 130 cm³/mol. The van der Waals surface area contributed by atoms with Gasteiger partial charge in [0.1, 0.15) is 0 Å². The number of fused-ring (bicyclic) bond motifs is 1. The molecule has 0 aliphatic heterocycles. The van der Waals surface area contributed by atoms with E-state index in [1.54, 1.807) is 0 Å². The molecule has 0 saturated heterocycles. The van der Waals surface area contributed by atoms with Crippen LogP contribution in [0.3, 0.4) is 0 Å². The Morgan fingerprint density at radius 2 is 1.45 bits per heavy atom. The summed E-state index contributed by atoms with van der Waals surface area (Å²) < 4.78 is 0. The van der Waals surface area contributed by atoms with Crippen LogP contribution in [-0.2, 0) is 11.3 Å². The lowest BCUT2D eigenvalue weighted by Crippen LogP contribution is -2.32. The van der Waals surface area contributed by atoms with E-state index in [4.69, 9.17) is 0 Å². The number of hydrogen-bond donors (Lipinski definition) is 1. The van der Waals surface area contributed by atoms with Gasteiger partial charge in [-0.25, -0.2) is 0 Å². The van der Waals surface area contributed by atoms with Crippen LogP contribution in [-0.4, -0.2) is 5.91 Å². The molecule has 0 aliphatic carbocycles. The molecule has 0 bridgehead atoms. The molecular weight excluding hydrogens is 378 g/mol. The van der Waals surface area contributed by atoms with Gasteiger partial charge < -0.3 is 5.32 Å². The maximum Gasteiger partial charge on any atom is 0.228 e. The Morgan fingerprint density at radius 1 is 0.806 bits per heavy atom. The largest absolute Gasteiger partial charge is 0.351 e. The lowest BCUT2D eigenvalue weighted by Gasteiger charge is -2.22. The minimum atomic E-state index is -0.270. The first-order chi connectivity index (χ1) is 15.2. The predicted octanol–water partition coefficient (Wildman–Crippen LogP) is 6.59. The smallest absolute Gasteiger partial charge is 0.228 e. The monoisotopic (exact) mass is 405 g/mol. The molecule has 0 heterocycles. The summed E-state index contributed by atoms with van der Waals surface area (Å²) in [7, 11) is 0. The van der Waals surface area contributed by atoms with Crippen LogP contribution in [0.4, 0.5) is 0 Å². The first kappa shape index (κ1) is 20.6. The second kappa shape index (κ2) is 9.90. The van der Waals surface area contributed by atoms with Crippen molar-refractivity contribution >= 4 is 22.8 Å². The van der Waals surface area contributed by atoms with E-state index in [1.807, 2.05) is 60.7 Å². The van der Waals surface area contributed by atoms with Crippen LogP contribution in [0.15, 0.2) is 109 Å². The molecule has 0 spiro atoms. The third kappa shape index (κ3) is 5.29. The summed E-state index contributed by atoms with van der Waals surface area (Å²) in [6.07, 6.45) is 4.24. The lowest BCUT2D eigenvalue weighted by molar-refractivity contribution is -0.123. The fourth-order valence-electron chi connectivity index (χ4n) is 3.93. The minimum absolute atomic E-state index is 0.0390. The van der Waals surface area contributed by atoms with Gasteiger partial charge >= 0.3 is 0 Å². The summed E-state index contributed by atoms with van der Waals surface area (Å²) in [5.74, 6) is -0.185. The van der Waals surface area contributed by atoms with Crippen molar-refractivity contribution in [2.75, 3.05) is 0 Å². The Balaban J connectivity index is 1.61. The first-order valence-corrected chi connectivity index (χ1v) is 10.7. The highest BCUT2D eigenvalue weighted by Crippen LogP contribution is 2.29. The summed E-state index contributed by atoms with van der Waals surface area (Å²) in [6.45, 7) is 2.64. The fourth-order valence-corrected chi connectivity index (χ4v) is 3.93. The summed E-state index contributed by atoms with van der Waals surface area (Å²) >= 11 is 0. The van der Waals surface area contributed by atoms with Gasteiger partial charge in [-0.15, -0.1) is 0 Å². The van der Waals surface area contributed by atoms with E-state index < -0.39 is 0 Å². The maximum absolute atomic E-state index is 13.4. The van der Waals surface area contributed by atoms with E-state index in [9.17, 15) is 4.79 Å². The number of allylic oxidation sites excluding steroid dienone is 1. The van der Waals surface area contributed by atoms with E-state index in [0.717, 1.165) is 22.1 Å². The molecular formula is C29H27NO. The molecule has 2 unspecified atom stereocenters. The van der Waals surface area contributed by atoms with Gasteiger partial charge in [-0.05, 0) is 33.4 Å². The fraction of sp³-hybridized carbons (Fsp3) is 0.138. The van der Waals surface area contributed by atoms with Gasteiger partial charge in [0.25, 0.3) is 0 Å². The number of amides is 1. The van der Waals surface area contributed by atoms with Crippen LogP contribution in [0.2, 0.25) is 0 Å². The van der Waals surface area contributed by atoms with Gasteiger partial charge in [0.2, 0.25) is 5.91 Å². The van der Waals surface area contributed by atoms with Gasteiger partial charge in [0.05, 0.1) is 5.92 Å². The molecule has 2 atom stereocenters. The van der Waals surface area contributed by atoms with Gasteiger partial charge in [0.15, 0.2) is 0 Å². The minimum Gasteiger partial charge on any atom is -0.351 e. The maximum atomic E-state index is 13.4. The molecule has 0 aromatic heterocycles. The zero-order valence-corrected chi connectivity index (χ0v) is 17.7. The number of carbonyl (C=O) groups is 1. The molecule has 1 N–H and O–H groups in total. The number of rotatable bonds is 7. The van der Waals surface area contributed by atoms with E-state index in [-0.39, 0.29) is 17.7 Å². The molecule has 0 aliphatic rings. The molecule has 154 valence electrons. The van der Waals surface area contributed by atoms with Gasteiger partial charge in [-0.2, -0.15) is 0 Å². The van der Waals surface area contributed by atoms with Crippen molar-refractivity contribution in [3.63, 3.8) is 0 Å². The average molecular weight is 406 g/mol. The summed E-state index contributed by atoms with van der Waals surface area (Å²) in [4.78, 5) is 13.4. The molecule has 4 rings (SSSR count). The van der Waals surface area contributed by atoms with Crippen molar-refractivity contribution in [1.82, 2.24) is 5.32 Å². The van der Waals surface area contributed by atoms with Crippen LogP contribution < -0.4 is 5.32 Å². The van der Waals surface area contributed by atoms with Gasteiger partial charge in [0, 0.05) is 6.54 Å². The third-order valence-corrected chi connectivity index (χ3v) is 5.64. The van der Waals surface area contributed by atoms with Gasteiger partial charge in [-0.1, -0.05) is 122 Å². The van der Waals surface area contributed by atoms with Crippen LogP contribution in [0, 0.1) is 5.92 Å². The standard InChI is InChI=1S/C29H27NO/c1-22(16-17-23-10-4-2-5-11-23)28(29(31)30-21-24-12-6-3-7-13-24)27-19-18-25-14-8-9-15-26(25)20-27/h2-20,22,28H,21H2,1H3,(H,30,31)/b17-16+. The van der Waals surface area contributed by atoms with E-state index in [2.05, 4.69) is 66.9 Å². The number of hydrogen-bond acceptors (Lipinski definition) is 1. The van der Waals surface area contributed by atoms with E-state index >= 15 is 0 Å². The van der Waals surface area contributed by atoms with Crippen molar-refractivity contribution in [1.29, 1.82) is 0 Å². The molecule has 1 amide bonds. The average Bonchev–Trinajstić information content (AvgIpc) is 2.83. The van der Waals surface area contributed by atoms with Crippen molar-refractivity contribution in [3.05, 3.63) is 126 Å². The summed E-state index contributed by atoms with van der Waals surface area (Å²) in [5, 5.41) is 5.49. The highest BCUT2D eigenvalue weighted by molar-refractivity contribution is 5.88. The second-order valence-electron chi connectivity index (χ2n) is 7.92. The Labute approximate surface area is 184 Å². The number of benzene rings is 4. The molecule has 0 radical (unpaired) electrons. The highest BCUT2D eigenvalue weighted by Gasteiger charge is 2.25. The summed E-state index contributed by atoms with van der Waals surface area (Å²) in [6, 6.07) is 34.9. The summed E-state index contributed by atoms with van der Waals surface area (Å²) in [5.41, 5.74) is 3.27. The SMILES string of the molecule is CC(/C=C/c1ccccc1)C(C(=O)NCc1ccccc1)c1ccc2ccccc2c1. The zero-order valence-electron chi connectivity index (χ0n) is 17.7. The quantitative estimate of drug-likeness (QED) is 0.369. The highest BCUT2D eigenvalue weighted by atomic mass is 16.1. The normalized spacial score (nSPS) is 13.2. The van der Waals surface area contributed by atoms with Crippen molar-refractivity contribution < 1.29 is 4.79 Å². The Morgan fingerprint density at radius 3 is 2.19 bits per heavy atom. The molecule has 31 heavy (non-hydrogen) atoms. The van der Waals surface area contributed by atoms with E-state index in [1.165, 1.54) is 5.39 Å². The van der Waals surface area contributed by atoms with Crippen LogP contribution in [0.1, 0.15) is 29.5 Å². The first-order valence-electron chi connectivity index (χ1n) is 10.7. The molecule has 0 fully saturated rings. The third-order valence-electron chi connectivity index (χ3n) is 5.64. The van der Waals surface area contributed by atoms with E-state index in [0.29, 0.717) is 6.54 Å². The molecule has 2 heteroatoms. The Kier molecular flexibility index (Phi) is 6.59. The zero-order chi connectivity index (χ0) is 21.5. The van der Waals surface area contributed by atoms with Crippen LogP contribution >= 0.6 is 0 Å².